The van der Waals surface area contributed by atoms with Gasteiger partial charge in [-0.2, -0.15) is 13.2 Å². The lowest BCUT2D eigenvalue weighted by Gasteiger charge is -2.39. The lowest BCUT2D eigenvalue weighted by molar-refractivity contribution is -0.137. The molecule has 2 aromatic rings. The summed E-state index contributed by atoms with van der Waals surface area (Å²) < 4.78 is 38.4. The molecule has 0 bridgehead atoms. The second-order valence-electron chi connectivity index (χ2n) is 5.81. The van der Waals surface area contributed by atoms with Gasteiger partial charge in [0, 0.05) is 5.02 Å². The zero-order valence-corrected chi connectivity index (χ0v) is 15.3. The van der Waals surface area contributed by atoms with Crippen LogP contribution in [0.5, 0.6) is 0 Å². The molecule has 0 aliphatic rings. The first-order valence-corrected chi connectivity index (χ1v) is 8.39. The molecule has 2 nitrogen and oxygen atoms in total. The van der Waals surface area contributed by atoms with Gasteiger partial charge in [-0.1, -0.05) is 48.1 Å². The summed E-state index contributed by atoms with van der Waals surface area (Å²) in [6.07, 6.45) is -4.36. The van der Waals surface area contributed by atoms with E-state index in [9.17, 15) is 13.2 Å². The van der Waals surface area contributed by atoms with Gasteiger partial charge in [0.2, 0.25) is 0 Å². The van der Waals surface area contributed by atoms with Gasteiger partial charge < -0.3 is 10.6 Å². The summed E-state index contributed by atoms with van der Waals surface area (Å²) in [5.41, 5.74) is 1.65. The number of nitrogens with one attached hydrogen (secondary N) is 2. The highest BCUT2D eigenvalue weighted by atomic mass is 35.5. The number of alkyl halides is 3. The summed E-state index contributed by atoms with van der Waals surface area (Å²) in [6, 6.07) is 12.0. The van der Waals surface area contributed by atoms with Crippen molar-refractivity contribution in [1.29, 1.82) is 0 Å². The minimum atomic E-state index is -4.36. The standard InChI is InChI=1S/C18H18ClF3N2S/c1-17(24-11-25,13-7-9-15(19)10-8-13)16(23-2)12-3-5-14(6-4-12)18(20,21)22/h3-11,16,23H,1-2H3,(H,24,25). The van der Waals surface area contributed by atoms with Crippen LogP contribution in [0.25, 0.3) is 0 Å². The summed E-state index contributed by atoms with van der Waals surface area (Å²) >= 11 is 10.9. The van der Waals surface area contributed by atoms with Crippen LogP contribution in [-0.2, 0) is 11.7 Å². The molecule has 0 heterocycles. The first kappa shape index (κ1) is 19.7. The summed E-state index contributed by atoms with van der Waals surface area (Å²) in [6.45, 7) is 1.93. The molecule has 0 saturated heterocycles. The third-order valence-electron chi connectivity index (χ3n) is 4.24. The van der Waals surface area contributed by atoms with Crippen LogP contribution in [0.1, 0.15) is 29.7 Å². The number of rotatable bonds is 6. The van der Waals surface area contributed by atoms with Crippen molar-refractivity contribution < 1.29 is 13.2 Å². The molecule has 0 spiro atoms. The quantitative estimate of drug-likeness (QED) is 0.677. The van der Waals surface area contributed by atoms with Crippen LogP contribution < -0.4 is 10.6 Å². The average molecular weight is 387 g/mol. The Balaban J connectivity index is 2.46. The van der Waals surface area contributed by atoms with Crippen molar-refractivity contribution in [3.8, 4) is 0 Å². The zero-order valence-electron chi connectivity index (χ0n) is 13.7. The van der Waals surface area contributed by atoms with E-state index in [2.05, 4.69) is 10.6 Å². The van der Waals surface area contributed by atoms with Gasteiger partial charge in [-0.25, -0.2) is 0 Å². The molecule has 25 heavy (non-hydrogen) atoms. The van der Waals surface area contributed by atoms with E-state index in [0.717, 1.165) is 17.7 Å². The smallest absolute Gasteiger partial charge is 0.371 e. The lowest BCUT2D eigenvalue weighted by Crippen LogP contribution is -2.48. The fourth-order valence-corrected chi connectivity index (χ4v) is 3.28. The molecule has 0 fully saturated rings. The fourth-order valence-electron chi connectivity index (χ4n) is 2.91. The van der Waals surface area contributed by atoms with Crippen LogP contribution in [-0.4, -0.2) is 12.5 Å². The van der Waals surface area contributed by atoms with Gasteiger partial charge in [-0.15, -0.1) is 0 Å². The Kier molecular flexibility index (Phi) is 6.08. The lowest BCUT2D eigenvalue weighted by atomic mass is 9.81. The second-order valence-corrected chi connectivity index (χ2v) is 6.49. The molecule has 0 aliphatic heterocycles. The molecule has 0 aliphatic carbocycles. The van der Waals surface area contributed by atoms with Gasteiger partial charge in [0.1, 0.15) is 0 Å². The van der Waals surface area contributed by atoms with Gasteiger partial charge in [-0.05, 0) is 49.4 Å². The van der Waals surface area contributed by atoms with Crippen molar-refractivity contribution in [2.75, 3.05) is 7.05 Å². The van der Waals surface area contributed by atoms with E-state index in [1.54, 1.807) is 19.2 Å². The van der Waals surface area contributed by atoms with Gasteiger partial charge in [0.05, 0.1) is 22.6 Å². The van der Waals surface area contributed by atoms with E-state index >= 15 is 0 Å². The van der Waals surface area contributed by atoms with Crippen LogP contribution in [0.2, 0.25) is 5.02 Å². The minimum absolute atomic E-state index is 0.324. The van der Waals surface area contributed by atoms with Crippen molar-refractivity contribution >= 4 is 29.3 Å². The summed E-state index contributed by atoms with van der Waals surface area (Å²) in [5.74, 6) is 0. The van der Waals surface area contributed by atoms with Crippen molar-refractivity contribution in [2.45, 2.75) is 24.7 Å². The van der Waals surface area contributed by atoms with Crippen molar-refractivity contribution in [3.63, 3.8) is 0 Å². The van der Waals surface area contributed by atoms with E-state index in [-0.39, 0.29) is 6.04 Å². The van der Waals surface area contributed by atoms with Gasteiger partial charge in [0.25, 0.3) is 0 Å². The molecular formula is C18H18ClF3N2S. The zero-order chi connectivity index (χ0) is 18.7. The van der Waals surface area contributed by atoms with Crippen molar-refractivity contribution in [1.82, 2.24) is 10.6 Å². The second kappa shape index (κ2) is 7.72. The van der Waals surface area contributed by atoms with Crippen LogP contribution in [0.15, 0.2) is 48.5 Å². The molecule has 0 amide bonds. The molecule has 2 unspecified atom stereocenters. The van der Waals surface area contributed by atoms with Crippen molar-refractivity contribution in [3.05, 3.63) is 70.2 Å². The summed E-state index contributed by atoms with van der Waals surface area (Å²) in [7, 11) is 1.75. The molecule has 0 aromatic heterocycles. The van der Waals surface area contributed by atoms with Crippen LogP contribution in [0, 0.1) is 0 Å². The van der Waals surface area contributed by atoms with E-state index in [4.69, 9.17) is 23.8 Å². The Morgan fingerprint density at radius 2 is 1.52 bits per heavy atom. The van der Waals surface area contributed by atoms with Crippen LogP contribution in [0.4, 0.5) is 13.2 Å². The van der Waals surface area contributed by atoms with Crippen LogP contribution >= 0.6 is 23.8 Å². The normalized spacial score (nSPS) is 15.3. The monoisotopic (exact) mass is 386 g/mol. The molecule has 2 atom stereocenters. The largest absolute Gasteiger partial charge is 0.416 e. The average Bonchev–Trinajstić information content (AvgIpc) is 2.56. The number of hydrogen-bond acceptors (Lipinski definition) is 2. The third-order valence-corrected chi connectivity index (χ3v) is 4.61. The Morgan fingerprint density at radius 3 is 1.96 bits per heavy atom. The number of thiocarbonyl (C=S) groups is 1. The maximum atomic E-state index is 12.8. The summed E-state index contributed by atoms with van der Waals surface area (Å²) in [5, 5.41) is 6.92. The maximum absolute atomic E-state index is 12.8. The minimum Gasteiger partial charge on any atom is -0.371 e. The first-order valence-electron chi connectivity index (χ1n) is 7.54. The molecule has 2 aromatic carbocycles. The topological polar surface area (TPSA) is 24.1 Å². The van der Waals surface area contributed by atoms with E-state index < -0.39 is 17.3 Å². The molecule has 7 heteroatoms. The highest BCUT2D eigenvalue weighted by Gasteiger charge is 2.36. The molecule has 134 valence electrons. The van der Waals surface area contributed by atoms with Gasteiger partial charge >= 0.3 is 6.18 Å². The number of benzene rings is 2. The van der Waals surface area contributed by atoms with E-state index in [0.29, 0.717) is 10.6 Å². The predicted octanol–water partition coefficient (Wildman–Crippen LogP) is 5.08. The van der Waals surface area contributed by atoms with Crippen molar-refractivity contribution in [2.24, 2.45) is 0 Å². The molecule has 2 N–H and O–H groups in total. The third kappa shape index (κ3) is 4.32. The number of halogens is 4. The number of likely N-dealkylation sites (N-methyl/N-ethyl adjacent to an activating group) is 1. The Hall–Kier alpha value is -1.63. The molecule has 0 saturated carbocycles. The Morgan fingerprint density at radius 1 is 1.00 bits per heavy atom. The molecular weight excluding hydrogens is 369 g/mol. The SMILES string of the molecule is CNC(c1ccc(C(F)(F)F)cc1)C(C)(NC=S)c1ccc(Cl)cc1. The Bertz CT molecular complexity index is 717. The van der Waals surface area contributed by atoms with E-state index in [1.807, 2.05) is 19.1 Å². The van der Waals surface area contributed by atoms with Gasteiger partial charge in [0.15, 0.2) is 0 Å². The fraction of sp³-hybridized carbons (Fsp3) is 0.278. The van der Waals surface area contributed by atoms with Crippen LogP contribution in [0.3, 0.4) is 0 Å². The molecule has 2 rings (SSSR count). The highest BCUT2D eigenvalue weighted by molar-refractivity contribution is 7.78. The highest BCUT2D eigenvalue weighted by Crippen LogP contribution is 2.36. The predicted molar refractivity (Wildman–Crippen MR) is 98.8 cm³/mol. The maximum Gasteiger partial charge on any atom is 0.416 e. The number of hydrogen-bond donors (Lipinski definition) is 2. The first-order chi connectivity index (χ1) is 11.7. The van der Waals surface area contributed by atoms with Gasteiger partial charge in [-0.3, -0.25) is 0 Å². The summed E-state index contributed by atoms with van der Waals surface area (Å²) in [4.78, 5) is 0. The van der Waals surface area contributed by atoms with E-state index in [1.165, 1.54) is 17.6 Å². The molecule has 0 radical (unpaired) electrons. The Labute approximate surface area is 155 Å².